The Hall–Kier alpha value is -1.12. The first kappa shape index (κ1) is 12.3. The first-order valence-electron chi connectivity index (χ1n) is 6.32. The molecule has 0 unspecified atom stereocenters. The Morgan fingerprint density at radius 3 is 2.88 bits per heavy atom. The molecule has 2 rings (SSSR count). The molecule has 0 aromatic heterocycles. The monoisotopic (exact) mass is 238 g/mol. The third kappa shape index (κ3) is 3.18. The summed E-state index contributed by atoms with van der Waals surface area (Å²) in [6.07, 6.45) is 8.80. The number of esters is 1. The smallest absolute Gasteiger partial charge is 0.334 e. The van der Waals surface area contributed by atoms with Crippen LogP contribution in [-0.4, -0.2) is 17.7 Å². The average Bonchev–Trinajstić information content (AvgIpc) is 2.57. The molecule has 2 aliphatic carbocycles. The van der Waals surface area contributed by atoms with Gasteiger partial charge in [0.25, 0.3) is 0 Å². The van der Waals surface area contributed by atoms with Gasteiger partial charge in [-0.25, -0.2) is 9.18 Å². The van der Waals surface area contributed by atoms with Crippen molar-refractivity contribution < 1.29 is 13.9 Å². The maximum absolute atomic E-state index is 13.4. The Balaban J connectivity index is 1.99. The molecular formula is C14H19FO2. The lowest BCUT2D eigenvalue weighted by atomic mass is 10.0. The van der Waals surface area contributed by atoms with Gasteiger partial charge in [-0.3, -0.25) is 0 Å². The first-order chi connectivity index (χ1) is 8.09. The number of alkyl halides is 1. The number of rotatable bonds is 2. The summed E-state index contributed by atoms with van der Waals surface area (Å²) in [6.45, 7) is 1.97. The fourth-order valence-electron chi connectivity index (χ4n) is 2.47. The largest absolute Gasteiger partial charge is 0.456 e. The molecule has 0 radical (unpaired) electrons. The first-order valence-corrected chi connectivity index (χ1v) is 6.32. The van der Waals surface area contributed by atoms with E-state index in [-0.39, 0.29) is 18.0 Å². The van der Waals surface area contributed by atoms with Gasteiger partial charge in [0.05, 0.1) is 0 Å². The normalized spacial score (nSPS) is 27.4. The molecule has 0 N–H and O–H groups in total. The van der Waals surface area contributed by atoms with Crippen LogP contribution < -0.4 is 0 Å². The number of halogens is 1. The minimum absolute atomic E-state index is 0.169. The highest BCUT2D eigenvalue weighted by molar-refractivity contribution is 5.89. The van der Waals surface area contributed by atoms with Gasteiger partial charge >= 0.3 is 5.97 Å². The van der Waals surface area contributed by atoms with Gasteiger partial charge in [-0.15, -0.1) is 0 Å². The van der Waals surface area contributed by atoms with Crippen LogP contribution in [0.5, 0.6) is 0 Å². The quantitative estimate of drug-likeness (QED) is 0.688. The lowest BCUT2D eigenvalue weighted by Crippen LogP contribution is -2.29. The summed E-state index contributed by atoms with van der Waals surface area (Å²) < 4.78 is 18.9. The second-order valence-electron chi connectivity index (χ2n) is 5.20. The highest BCUT2D eigenvalue weighted by Crippen LogP contribution is 2.33. The molecule has 2 aliphatic rings. The summed E-state index contributed by atoms with van der Waals surface area (Å²) in [5, 5.41) is 0. The van der Waals surface area contributed by atoms with Gasteiger partial charge < -0.3 is 4.74 Å². The van der Waals surface area contributed by atoms with E-state index in [1.54, 1.807) is 18.2 Å². The predicted octanol–water partition coefficient (Wildman–Crippen LogP) is 3.48. The number of hydrogen-bond donors (Lipinski definition) is 0. The third-order valence-electron chi connectivity index (χ3n) is 3.53. The molecule has 0 aromatic rings. The molecular weight excluding hydrogens is 219 g/mol. The zero-order valence-electron chi connectivity index (χ0n) is 10.2. The molecule has 1 fully saturated rings. The van der Waals surface area contributed by atoms with Gasteiger partial charge in [0.2, 0.25) is 0 Å². The Labute approximate surface area is 102 Å². The van der Waals surface area contributed by atoms with Crippen molar-refractivity contribution in [2.45, 2.75) is 57.2 Å². The Morgan fingerprint density at radius 1 is 1.47 bits per heavy atom. The van der Waals surface area contributed by atoms with E-state index < -0.39 is 6.17 Å². The van der Waals surface area contributed by atoms with E-state index in [1.165, 1.54) is 0 Å². The van der Waals surface area contributed by atoms with Crippen LogP contribution in [0.1, 0.15) is 45.4 Å². The number of allylic oxidation sites excluding steroid dienone is 3. The standard InChI is InChI=1S/C14H19FO2/c1-14(8-4-5-9-14)17-13(16)11-6-2-3-7-12(15)10-11/h2-3,6,12H,4-5,7-10H2,1H3/t12-/m0/s1. The van der Waals surface area contributed by atoms with Gasteiger partial charge in [0.1, 0.15) is 11.8 Å². The van der Waals surface area contributed by atoms with Crippen molar-refractivity contribution >= 4 is 5.97 Å². The van der Waals surface area contributed by atoms with Gasteiger partial charge in [-0.05, 0) is 39.0 Å². The van der Waals surface area contributed by atoms with E-state index in [0.29, 0.717) is 12.0 Å². The maximum Gasteiger partial charge on any atom is 0.334 e. The van der Waals surface area contributed by atoms with Crippen LogP contribution in [-0.2, 0) is 9.53 Å². The van der Waals surface area contributed by atoms with E-state index in [9.17, 15) is 9.18 Å². The van der Waals surface area contributed by atoms with Crippen molar-refractivity contribution in [3.8, 4) is 0 Å². The van der Waals surface area contributed by atoms with Crippen LogP contribution in [0, 0.1) is 0 Å². The van der Waals surface area contributed by atoms with Crippen molar-refractivity contribution in [1.29, 1.82) is 0 Å². The summed E-state index contributed by atoms with van der Waals surface area (Å²) in [5.74, 6) is -0.344. The molecule has 3 heteroatoms. The Bertz CT molecular complexity index is 351. The molecule has 2 nitrogen and oxygen atoms in total. The van der Waals surface area contributed by atoms with Gasteiger partial charge in [0, 0.05) is 12.0 Å². The van der Waals surface area contributed by atoms with E-state index in [1.807, 2.05) is 6.92 Å². The van der Waals surface area contributed by atoms with Crippen LogP contribution >= 0.6 is 0 Å². The molecule has 94 valence electrons. The zero-order valence-corrected chi connectivity index (χ0v) is 10.2. The SMILES string of the molecule is CC1(OC(=O)C2=CC=CC[C@H](F)C2)CCCC1. The van der Waals surface area contributed by atoms with Crippen LogP contribution in [0.3, 0.4) is 0 Å². The fourth-order valence-corrected chi connectivity index (χ4v) is 2.47. The summed E-state index contributed by atoms with van der Waals surface area (Å²) in [5.41, 5.74) is 0.124. The van der Waals surface area contributed by atoms with Gasteiger partial charge in [-0.1, -0.05) is 18.2 Å². The van der Waals surface area contributed by atoms with E-state index in [4.69, 9.17) is 4.74 Å². The zero-order chi connectivity index (χ0) is 12.3. The fraction of sp³-hybridized carbons (Fsp3) is 0.643. The molecule has 17 heavy (non-hydrogen) atoms. The van der Waals surface area contributed by atoms with Crippen LogP contribution in [0.2, 0.25) is 0 Å². The molecule has 0 aliphatic heterocycles. The van der Waals surface area contributed by atoms with Crippen molar-refractivity contribution in [3.05, 3.63) is 23.8 Å². The molecule has 1 saturated carbocycles. The molecule has 0 spiro atoms. The van der Waals surface area contributed by atoms with E-state index >= 15 is 0 Å². The second-order valence-corrected chi connectivity index (χ2v) is 5.20. The predicted molar refractivity (Wildman–Crippen MR) is 64.3 cm³/mol. The number of carbonyl (C=O) groups excluding carboxylic acids is 1. The topological polar surface area (TPSA) is 26.3 Å². The lowest BCUT2D eigenvalue weighted by Gasteiger charge is -2.24. The summed E-state index contributed by atoms with van der Waals surface area (Å²) in [7, 11) is 0. The van der Waals surface area contributed by atoms with E-state index in [2.05, 4.69) is 0 Å². The molecule has 0 aromatic carbocycles. The van der Waals surface area contributed by atoms with Gasteiger partial charge in [0.15, 0.2) is 0 Å². The number of carbonyl (C=O) groups is 1. The summed E-state index contributed by atoms with van der Waals surface area (Å²) >= 11 is 0. The van der Waals surface area contributed by atoms with Crippen molar-refractivity contribution in [2.24, 2.45) is 0 Å². The minimum atomic E-state index is -0.969. The highest BCUT2D eigenvalue weighted by atomic mass is 19.1. The number of hydrogen-bond acceptors (Lipinski definition) is 2. The summed E-state index contributed by atoms with van der Waals surface area (Å²) in [6, 6.07) is 0. The number of ether oxygens (including phenoxy) is 1. The van der Waals surface area contributed by atoms with Crippen molar-refractivity contribution in [3.63, 3.8) is 0 Å². The second kappa shape index (κ2) is 5.03. The molecule has 0 saturated heterocycles. The molecule has 1 atom stereocenters. The minimum Gasteiger partial charge on any atom is -0.456 e. The van der Waals surface area contributed by atoms with E-state index in [0.717, 1.165) is 25.7 Å². The molecule has 0 heterocycles. The Morgan fingerprint density at radius 2 is 2.18 bits per heavy atom. The molecule has 0 amide bonds. The highest BCUT2D eigenvalue weighted by Gasteiger charge is 2.33. The van der Waals surface area contributed by atoms with Crippen molar-refractivity contribution in [1.82, 2.24) is 0 Å². The molecule has 0 bridgehead atoms. The van der Waals surface area contributed by atoms with Gasteiger partial charge in [-0.2, -0.15) is 0 Å². The third-order valence-corrected chi connectivity index (χ3v) is 3.53. The van der Waals surface area contributed by atoms with Crippen molar-refractivity contribution in [2.75, 3.05) is 0 Å². The summed E-state index contributed by atoms with van der Waals surface area (Å²) in [4.78, 5) is 12.0. The lowest BCUT2D eigenvalue weighted by molar-refractivity contribution is -0.152. The van der Waals surface area contributed by atoms with Crippen LogP contribution in [0.4, 0.5) is 4.39 Å². The Kier molecular flexibility index (Phi) is 3.65. The average molecular weight is 238 g/mol. The van der Waals surface area contributed by atoms with Crippen LogP contribution in [0.15, 0.2) is 23.8 Å². The maximum atomic E-state index is 13.4. The van der Waals surface area contributed by atoms with Crippen LogP contribution in [0.25, 0.3) is 0 Å².